The summed E-state index contributed by atoms with van der Waals surface area (Å²) in [4.78, 5) is 26.9. The van der Waals surface area contributed by atoms with E-state index in [0.717, 1.165) is 28.9 Å². The van der Waals surface area contributed by atoms with Gasteiger partial charge in [0, 0.05) is 45.0 Å². The Morgan fingerprint density at radius 3 is 2.57 bits per heavy atom. The monoisotopic (exact) mass is 405 g/mol. The number of para-hydroxylation sites is 1. The normalized spacial score (nSPS) is 18.4. The van der Waals surface area contributed by atoms with Crippen LogP contribution in [-0.2, 0) is 16.6 Å². The van der Waals surface area contributed by atoms with E-state index in [1.54, 1.807) is 11.7 Å². The third-order valence-corrected chi connectivity index (χ3v) is 5.19. The summed E-state index contributed by atoms with van der Waals surface area (Å²) in [5.74, 6) is -0.319. The number of rotatable bonds is 5. The van der Waals surface area contributed by atoms with Crippen molar-refractivity contribution in [1.82, 2.24) is 20.0 Å². The number of anilines is 1. The number of hydrogen-bond acceptors (Lipinski definition) is 4. The molecule has 2 heterocycles. The first-order valence-electron chi connectivity index (χ1n) is 9.17. The fraction of sp³-hybridized carbons (Fsp3) is 0.450. The van der Waals surface area contributed by atoms with Gasteiger partial charge in [0.2, 0.25) is 11.8 Å². The van der Waals surface area contributed by atoms with Crippen molar-refractivity contribution in [3.05, 3.63) is 47.3 Å². The Bertz CT molecular complexity index is 831. The minimum absolute atomic E-state index is 0. The molecule has 7 nitrogen and oxygen atoms in total. The van der Waals surface area contributed by atoms with Crippen LogP contribution in [0.3, 0.4) is 0 Å². The Hall–Kier alpha value is -2.38. The average molecular weight is 406 g/mol. The Labute approximate surface area is 171 Å². The van der Waals surface area contributed by atoms with Crippen LogP contribution in [0.15, 0.2) is 30.6 Å². The smallest absolute Gasteiger partial charge is 0.243 e. The number of nitrogens with one attached hydrogen (secondary N) is 2. The predicted octanol–water partition coefficient (Wildman–Crippen LogP) is 1.86. The van der Waals surface area contributed by atoms with E-state index in [4.69, 9.17) is 0 Å². The summed E-state index contributed by atoms with van der Waals surface area (Å²) in [5.41, 5.74) is 3.89. The number of carbonyl (C=O) groups excluding carboxylic acids is 2. The van der Waals surface area contributed by atoms with Crippen molar-refractivity contribution in [2.45, 2.75) is 19.8 Å². The van der Waals surface area contributed by atoms with Gasteiger partial charge in [-0.05, 0) is 30.5 Å². The molecule has 2 aromatic rings. The number of aromatic nitrogens is 2. The fourth-order valence-corrected chi connectivity index (χ4v) is 3.69. The lowest BCUT2D eigenvalue weighted by atomic mass is 9.90. The van der Waals surface area contributed by atoms with Crippen LogP contribution in [0.5, 0.6) is 0 Å². The third kappa shape index (κ3) is 4.72. The van der Waals surface area contributed by atoms with Crippen LogP contribution in [0, 0.1) is 19.8 Å². The molecule has 0 unspecified atom stereocenters. The number of nitrogens with zero attached hydrogens (tertiary/aromatic N) is 3. The molecule has 2 atom stereocenters. The summed E-state index contributed by atoms with van der Waals surface area (Å²) in [6.07, 6.45) is 3.76. The minimum atomic E-state index is -0.188. The molecular formula is C20H28ClN5O2. The van der Waals surface area contributed by atoms with E-state index in [2.05, 4.69) is 15.7 Å². The molecule has 0 saturated carbocycles. The lowest BCUT2D eigenvalue weighted by Gasteiger charge is -2.24. The van der Waals surface area contributed by atoms with Gasteiger partial charge in [-0.1, -0.05) is 18.2 Å². The average Bonchev–Trinajstić information content (AvgIpc) is 3.26. The van der Waals surface area contributed by atoms with Gasteiger partial charge >= 0.3 is 0 Å². The summed E-state index contributed by atoms with van der Waals surface area (Å²) in [6.45, 7) is 5.30. The van der Waals surface area contributed by atoms with Gasteiger partial charge in [0.05, 0.1) is 18.7 Å². The van der Waals surface area contributed by atoms with Gasteiger partial charge < -0.3 is 15.5 Å². The molecule has 0 aliphatic carbocycles. The lowest BCUT2D eigenvalue weighted by Crippen LogP contribution is -2.40. The summed E-state index contributed by atoms with van der Waals surface area (Å²) >= 11 is 0. The van der Waals surface area contributed by atoms with E-state index in [-0.39, 0.29) is 42.6 Å². The largest absolute Gasteiger partial charge is 0.336 e. The Balaban J connectivity index is 0.00000280. The number of likely N-dealkylation sites (N-methyl/N-ethyl adjacent to an activating group) is 1. The maximum absolute atomic E-state index is 12.9. The molecule has 28 heavy (non-hydrogen) atoms. The van der Waals surface area contributed by atoms with Gasteiger partial charge in [-0.25, -0.2) is 0 Å². The second-order valence-electron chi connectivity index (χ2n) is 7.33. The maximum Gasteiger partial charge on any atom is 0.243 e. The Morgan fingerprint density at radius 1 is 1.29 bits per heavy atom. The van der Waals surface area contributed by atoms with Crippen molar-refractivity contribution in [1.29, 1.82) is 0 Å². The number of hydrogen-bond donors (Lipinski definition) is 2. The molecule has 0 bridgehead atoms. The predicted molar refractivity (Wildman–Crippen MR) is 112 cm³/mol. The van der Waals surface area contributed by atoms with Crippen molar-refractivity contribution < 1.29 is 9.59 Å². The summed E-state index contributed by atoms with van der Waals surface area (Å²) in [7, 11) is 3.55. The number of carbonyl (C=O) groups is 2. The van der Waals surface area contributed by atoms with Crippen LogP contribution in [0.2, 0.25) is 0 Å². The molecular weight excluding hydrogens is 378 g/mol. The zero-order chi connectivity index (χ0) is 19.6. The highest BCUT2D eigenvalue weighted by Gasteiger charge is 2.36. The minimum Gasteiger partial charge on any atom is -0.336 e. The molecule has 1 saturated heterocycles. The van der Waals surface area contributed by atoms with E-state index >= 15 is 0 Å². The van der Waals surface area contributed by atoms with Crippen LogP contribution in [0.25, 0.3) is 0 Å². The van der Waals surface area contributed by atoms with Gasteiger partial charge in [0.25, 0.3) is 0 Å². The summed E-state index contributed by atoms with van der Waals surface area (Å²) in [6, 6.07) is 5.88. The first kappa shape index (κ1) is 21.9. The van der Waals surface area contributed by atoms with E-state index in [1.165, 1.54) is 4.90 Å². The van der Waals surface area contributed by atoms with E-state index in [0.29, 0.717) is 6.54 Å². The Kier molecular flexibility index (Phi) is 7.21. The number of benzene rings is 1. The standard InChI is InChI=1S/C20H27N5O2.ClH/c1-13-6-5-7-14(2)19(13)23-18(26)12-24(3)20(27)17-10-21-9-16(17)15-8-22-25(4)11-15;/h5-8,11,16-17,21H,9-10,12H2,1-4H3,(H,23,26);1H/t16-,17+;/m1./s1. The van der Waals surface area contributed by atoms with Crippen LogP contribution < -0.4 is 10.6 Å². The van der Waals surface area contributed by atoms with Crippen molar-refractivity contribution in [2.24, 2.45) is 13.0 Å². The zero-order valence-corrected chi connectivity index (χ0v) is 17.5. The number of halogens is 1. The molecule has 0 spiro atoms. The molecule has 1 aromatic heterocycles. The molecule has 3 rings (SSSR count). The highest BCUT2D eigenvalue weighted by Crippen LogP contribution is 2.29. The molecule has 2 amide bonds. The number of aryl methyl sites for hydroxylation is 3. The van der Waals surface area contributed by atoms with Gasteiger partial charge in [-0.3, -0.25) is 14.3 Å². The molecule has 0 radical (unpaired) electrons. The molecule has 1 aliphatic heterocycles. The first-order valence-corrected chi connectivity index (χ1v) is 9.17. The van der Waals surface area contributed by atoms with Crippen molar-refractivity contribution in [2.75, 3.05) is 32.0 Å². The maximum atomic E-state index is 12.9. The van der Waals surface area contributed by atoms with Gasteiger partial charge in [-0.15, -0.1) is 12.4 Å². The van der Waals surface area contributed by atoms with Crippen molar-refractivity contribution in [3.8, 4) is 0 Å². The third-order valence-electron chi connectivity index (χ3n) is 5.19. The number of amides is 2. The van der Waals surface area contributed by atoms with Crippen LogP contribution in [0.1, 0.15) is 22.6 Å². The molecule has 1 fully saturated rings. The first-order chi connectivity index (χ1) is 12.9. The summed E-state index contributed by atoms with van der Waals surface area (Å²) < 4.78 is 1.75. The fourth-order valence-electron chi connectivity index (χ4n) is 3.69. The lowest BCUT2D eigenvalue weighted by molar-refractivity contribution is -0.136. The molecule has 2 N–H and O–H groups in total. The molecule has 1 aromatic carbocycles. The van der Waals surface area contributed by atoms with E-state index < -0.39 is 0 Å². The molecule has 152 valence electrons. The highest BCUT2D eigenvalue weighted by molar-refractivity contribution is 5.96. The SMILES string of the molecule is Cc1cccc(C)c1NC(=O)CN(C)C(=O)[C@H]1CNC[C@@H]1c1cnn(C)c1.Cl. The topological polar surface area (TPSA) is 79.3 Å². The Morgan fingerprint density at radius 2 is 1.96 bits per heavy atom. The highest BCUT2D eigenvalue weighted by atomic mass is 35.5. The van der Waals surface area contributed by atoms with Gasteiger partial charge in [0.15, 0.2) is 0 Å². The van der Waals surface area contributed by atoms with E-state index in [1.807, 2.05) is 51.5 Å². The summed E-state index contributed by atoms with van der Waals surface area (Å²) in [5, 5.41) is 10.4. The molecule has 1 aliphatic rings. The van der Waals surface area contributed by atoms with E-state index in [9.17, 15) is 9.59 Å². The van der Waals surface area contributed by atoms with Gasteiger partial charge in [-0.2, -0.15) is 5.10 Å². The molecule has 8 heteroatoms. The van der Waals surface area contributed by atoms with Gasteiger partial charge in [0.1, 0.15) is 0 Å². The zero-order valence-electron chi connectivity index (χ0n) is 16.7. The van der Waals surface area contributed by atoms with Crippen LogP contribution in [-0.4, -0.2) is 53.2 Å². The van der Waals surface area contributed by atoms with Crippen LogP contribution in [0.4, 0.5) is 5.69 Å². The van der Waals surface area contributed by atoms with Crippen molar-refractivity contribution in [3.63, 3.8) is 0 Å². The second kappa shape index (κ2) is 9.21. The van der Waals surface area contributed by atoms with Crippen LogP contribution >= 0.6 is 12.4 Å². The quantitative estimate of drug-likeness (QED) is 0.795. The van der Waals surface area contributed by atoms with Crippen molar-refractivity contribution >= 4 is 29.9 Å². The second-order valence-corrected chi connectivity index (χ2v) is 7.33.